The molecule has 0 saturated heterocycles. The Morgan fingerprint density at radius 2 is 1.70 bits per heavy atom. The van der Waals surface area contributed by atoms with Crippen LogP contribution in [-0.2, 0) is 4.79 Å². The minimum absolute atomic E-state index is 0.167. The highest BCUT2D eigenvalue weighted by Crippen LogP contribution is 2.10. The third-order valence-corrected chi connectivity index (χ3v) is 3.54. The second-order valence-corrected chi connectivity index (χ2v) is 5.84. The largest absolute Gasteiger partial charge is 0.306 e. The minimum Gasteiger partial charge on any atom is -0.306 e. The van der Waals surface area contributed by atoms with Gasteiger partial charge in [0.15, 0.2) is 0 Å². The molecule has 1 atom stereocenters. The van der Waals surface area contributed by atoms with Crippen molar-refractivity contribution >= 4 is 27.7 Å². The van der Waals surface area contributed by atoms with Crippen molar-refractivity contribution in [2.75, 3.05) is 6.54 Å². The van der Waals surface area contributed by atoms with Crippen LogP contribution in [0.15, 0.2) is 28.7 Å². The van der Waals surface area contributed by atoms with Crippen molar-refractivity contribution in [2.45, 2.75) is 26.8 Å². The molecule has 0 radical (unpaired) electrons. The molecule has 0 fully saturated rings. The van der Waals surface area contributed by atoms with Crippen LogP contribution in [0.2, 0.25) is 0 Å². The van der Waals surface area contributed by atoms with E-state index in [2.05, 4.69) is 45.9 Å². The summed E-state index contributed by atoms with van der Waals surface area (Å²) in [5.74, 6) is -0.175. The summed E-state index contributed by atoms with van der Waals surface area (Å²) in [6.45, 7) is 6.33. The maximum absolute atomic E-state index is 11.7. The molecule has 3 N–H and O–H groups in total. The van der Waals surface area contributed by atoms with Gasteiger partial charge < -0.3 is 5.32 Å². The molecule has 110 valence electrons. The van der Waals surface area contributed by atoms with Gasteiger partial charge in [0.2, 0.25) is 0 Å². The molecule has 0 aliphatic carbocycles. The van der Waals surface area contributed by atoms with Gasteiger partial charge in [0, 0.05) is 16.1 Å². The molecule has 0 heterocycles. The molecule has 1 aromatic carbocycles. The molecule has 0 unspecified atom stereocenters. The Balaban J connectivity index is 2.34. The molecule has 5 nitrogen and oxygen atoms in total. The SMILES string of the molecule is CC(C)[C@@H](C)NCC(=O)NNC(=O)c1ccc(Br)cc1. The highest BCUT2D eigenvalue weighted by Gasteiger charge is 2.10. The van der Waals surface area contributed by atoms with E-state index in [1.807, 2.05) is 6.92 Å². The Morgan fingerprint density at radius 3 is 2.25 bits per heavy atom. The van der Waals surface area contributed by atoms with Crippen LogP contribution in [0.3, 0.4) is 0 Å². The van der Waals surface area contributed by atoms with Gasteiger partial charge in [-0.2, -0.15) is 0 Å². The molecule has 6 heteroatoms. The first-order valence-corrected chi connectivity index (χ1v) is 7.27. The number of nitrogens with one attached hydrogen (secondary N) is 3. The van der Waals surface area contributed by atoms with E-state index in [-0.39, 0.29) is 24.4 Å². The van der Waals surface area contributed by atoms with E-state index in [0.717, 1.165) is 4.47 Å². The average molecular weight is 342 g/mol. The van der Waals surface area contributed by atoms with Crippen molar-refractivity contribution in [1.29, 1.82) is 0 Å². The van der Waals surface area contributed by atoms with Gasteiger partial charge >= 0.3 is 0 Å². The average Bonchev–Trinajstić information content (AvgIpc) is 2.42. The number of carbonyl (C=O) groups is 2. The van der Waals surface area contributed by atoms with Crippen molar-refractivity contribution < 1.29 is 9.59 Å². The topological polar surface area (TPSA) is 70.2 Å². The highest BCUT2D eigenvalue weighted by molar-refractivity contribution is 9.10. The number of benzene rings is 1. The van der Waals surface area contributed by atoms with E-state index in [0.29, 0.717) is 11.5 Å². The summed E-state index contributed by atoms with van der Waals surface area (Å²) in [4.78, 5) is 23.3. The van der Waals surface area contributed by atoms with E-state index in [1.54, 1.807) is 24.3 Å². The summed E-state index contributed by atoms with van der Waals surface area (Å²) in [5.41, 5.74) is 5.24. The molecule has 0 saturated carbocycles. The standard InChI is InChI=1S/C14H20BrN3O2/c1-9(2)10(3)16-8-13(19)17-18-14(20)11-4-6-12(15)7-5-11/h4-7,9-10,16H,8H2,1-3H3,(H,17,19)(H,18,20)/t10-/m1/s1. The molecular formula is C14H20BrN3O2. The zero-order chi connectivity index (χ0) is 15.1. The smallest absolute Gasteiger partial charge is 0.269 e. The van der Waals surface area contributed by atoms with Gasteiger partial charge in [-0.3, -0.25) is 20.4 Å². The normalized spacial score (nSPS) is 12.1. The van der Waals surface area contributed by atoms with Gasteiger partial charge in [0.25, 0.3) is 11.8 Å². The Morgan fingerprint density at radius 1 is 1.10 bits per heavy atom. The number of amides is 2. The van der Waals surface area contributed by atoms with Crippen LogP contribution in [0.4, 0.5) is 0 Å². The van der Waals surface area contributed by atoms with E-state index in [4.69, 9.17) is 0 Å². The maximum atomic E-state index is 11.7. The number of carbonyl (C=O) groups excluding carboxylic acids is 2. The summed E-state index contributed by atoms with van der Waals surface area (Å²) < 4.78 is 0.893. The molecular weight excluding hydrogens is 322 g/mol. The summed E-state index contributed by atoms with van der Waals surface area (Å²) in [6, 6.07) is 7.11. The van der Waals surface area contributed by atoms with Crippen LogP contribution in [0, 0.1) is 5.92 Å². The third-order valence-electron chi connectivity index (χ3n) is 3.01. The minimum atomic E-state index is -0.345. The molecule has 0 aromatic heterocycles. The molecule has 20 heavy (non-hydrogen) atoms. The van der Waals surface area contributed by atoms with Crippen molar-refractivity contribution in [3.8, 4) is 0 Å². The zero-order valence-electron chi connectivity index (χ0n) is 11.9. The van der Waals surface area contributed by atoms with Gasteiger partial charge in [-0.05, 0) is 37.1 Å². The first-order valence-electron chi connectivity index (χ1n) is 6.48. The number of rotatable bonds is 5. The molecule has 0 bridgehead atoms. The van der Waals surface area contributed by atoms with Crippen LogP contribution in [0.25, 0.3) is 0 Å². The molecule has 2 amide bonds. The van der Waals surface area contributed by atoms with Gasteiger partial charge in [-0.15, -0.1) is 0 Å². The Hall–Kier alpha value is -1.40. The second kappa shape index (κ2) is 8.01. The first-order chi connectivity index (χ1) is 9.40. The van der Waals surface area contributed by atoms with Gasteiger partial charge in [0.05, 0.1) is 6.54 Å². The van der Waals surface area contributed by atoms with Crippen LogP contribution >= 0.6 is 15.9 Å². The highest BCUT2D eigenvalue weighted by atomic mass is 79.9. The van der Waals surface area contributed by atoms with E-state index in [9.17, 15) is 9.59 Å². The molecule has 1 aromatic rings. The van der Waals surface area contributed by atoms with Crippen molar-refractivity contribution in [3.63, 3.8) is 0 Å². The molecule has 0 aliphatic heterocycles. The van der Waals surface area contributed by atoms with Crippen LogP contribution < -0.4 is 16.2 Å². The van der Waals surface area contributed by atoms with Crippen LogP contribution in [-0.4, -0.2) is 24.4 Å². The van der Waals surface area contributed by atoms with Crippen LogP contribution in [0.5, 0.6) is 0 Å². The lowest BCUT2D eigenvalue weighted by atomic mass is 10.1. The quantitative estimate of drug-likeness (QED) is 0.715. The van der Waals surface area contributed by atoms with E-state index < -0.39 is 0 Å². The Bertz CT molecular complexity index is 460. The molecule has 1 rings (SSSR count). The van der Waals surface area contributed by atoms with E-state index >= 15 is 0 Å². The van der Waals surface area contributed by atoms with Gasteiger partial charge in [-0.25, -0.2) is 0 Å². The van der Waals surface area contributed by atoms with Gasteiger partial charge in [-0.1, -0.05) is 29.8 Å². The maximum Gasteiger partial charge on any atom is 0.269 e. The summed E-state index contributed by atoms with van der Waals surface area (Å²) >= 11 is 3.29. The Kier molecular flexibility index (Phi) is 6.67. The van der Waals surface area contributed by atoms with Gasteiger partial charge in [0.1, 0.15) is 0 Å². The fraction of sp³-hybridized carbons (Fsp3) is 0.429. The third kappa shape index (κ3) is 5.71. The van der Waals surface area contributed by atoms with E-state index in [1.165, 1.54) is 0 Å². The molecule has 0 aliphatic rings. The van der Waals surface area contributed by atoms with Crippen molar-refractivity contribution in [1.82, 2.24) is 16.2 Å². The number of hydrogen-bond acceptors (Lipinski definition) is 3. The van der Waals surface area contributed by atoms with Crippen molar-refractivity contribution in [3.05, 3.63) is 34.3 Å². The predicted octanol–water partition coefficient (Wildman–Crippen LogP) is 1.84. The summed E-state index contributed by atoms with van der Waals surface area (Å²) in [5, 5.41) is 3.08. The lowest BCUT2D eigenvalue weighted by Gasteiger charge is -2.17. The fourth-order valence-corrected chi connectivity index (χ4v) is 1.60. The predicted molar refractivity (Wildman–Crippen MR) is 82.1 cm³/mol. The number of hydrogen-bond donors (Lipinski definition) is 3. The fourth-order valence-electron chi connectivity index (χ4n) is 1.33. The zero-order valence-corrected chi connectivity index (χ0v) is 13.5. The number of halogens is 1. The van der Waals surface area contributed by atoms with Crippen molar-refractivity contribution in [2.24, 2.45) is 5.92 Å². The second-order valence-electron chi connectivity index (χ2n) is 4.92. The summed E-state index contributed by atoms with van der Waals surface area (Å²) in [7, 11) is 0. The monoisotopic (exact) mass is 341 g/mol. The lowest BCUT2D eigenvalue weighted by Crippen LogP contribution is -2.47. The lowest BCUT2D eigenvalue weighted by molar-refractivity contribution is -0.121. The number of hydrazine groups is 1. The summed E-state index contributed by atoms with van der Waals surface area (Å²) in [6.07, 6.45) is 0. The Labute approximate surface area is 127 Å². The first kappa shape index (κ1) is 16.7. The van der Waals surface area contributed by atoms with Crippen LogP contribution in [0.1, 0.15) is 31.1 Å². The molecule has 0 spiro atoms.